The first kappa shape index (κ1) is 18.7. The van der Waals surface area contributed by atoms with Crippen LogP contribution in [0, 0.1) is 11.6 Å². The molecule has 0 bridgehead atoms. The van der Waals surface area contributed by atoms with Crippen LogP contribution < -0.4 is 10.5 Å². The largest absolute Gasteiger partial charge is 0.307 e. The average molecular weight is 371 g/mol. The fourth-order valence-electron chi connectivity index (χ4n) is 2.94. The molecular weight excluding hydrogens is 352 g/mol. The number of carbonyl (C=O) groups excluding carboxylic acids is 1. The number of halogens is 2. The Morgan fingerprint density at radius 3 is 2.37 bits per heavy atom. The van der Waals surface area contributed by atoms with Gasteiger partial charge in [-0.3, -0.25) is 9.59 Å². The van der Waals surface area contributed by atoms with Crippen molar-refractivity contribution in [3.05, 3.63) is 70.1 Å². The van der Waals surface area contributed by atoms with Crippen molar-refractivity contribution in [2.24, 2.45) is 0 Å². The molecule has 1 amide bonds. The van der Waals surface area contributed by atoms with Gasteiger partial charge in [0.2, 0.25) is 0 Å². The summed E-state index contributed by atoms with van der Waals surface area (Å²) >= 11 is 0. The molecule has 2 aromatic carbocycles. The van der Waals surface area contributed by atoms with Crippen molar-refractivity contribution in [3.63, 3.8) is 0 Å². The first-order valence-electron chi connectivity index (χ1n) is 8.63. The summed E-state index contributed by atoms with van der Waals surface area (Å²) in [5.41, 5.74) is 0.0214. The highest BCUT2D eigenvalue weighted by atomic mass is 19.2. The molecular formula is C20H19F2N3O2. The summed E-state index contributed by atoms with van der Waals surface area (Å²) in [7, 11) is 0. The van der Waals surface area contributed by atoms with Crippen molar-refractivity contribution in [2.45, 2.75) is 26.8 Å². The van der Waals surface area contributed by atoms with Crippen molar-refractivity contribution in [1.82, 2.24) is 9.78 Å². The van der Waals surface area contributed by atoms with Crippen molar-refractivity contribution in [1.29, 1.82) is 0 Å². The van der Waals surface area contributed by atoms with E-state index in [-0.39, 0.29) is 29.5 Å². The highest BCUT2D eigenvalue weighted by Gasteiger charge is 2.23. The summed E-state index contributed by atoms with van der Waals surface area (Å²) in [6.45, 7) is 5.54. The molecule has 0 saturated heterocycles. The van der Waals surface area contributed by atoms with Crippen molar-refractivity contribution in [2.75, 3.05) is 11.4 Å². The molecule has 1 aromatic heterocycles. The van der Waals surface area contributed by atoms with Crippen LogP contribution in [0.5, 0.6) is 0 Å². The van der Waals surface area contributed by atoms with Gasteiger partial charge in [0.15, 0.2) is 17.3 Å². The van der Waals surface area contributed by atoms with Crippen LogP contribution in [0.3, 0.4) is 0 Å². The maximum Gasteiger partial charge on any atom is 0.279 e. The number of carbonyl (C=O) groups is 1. The quantitative estimate of drug-likeness (QED) is 0.698. The molecule has 140 valence electrons. The SMILES string of the molecule is CCN(C(=O)c1nn(C(C)C)c(=O)c2ccccc12)c1ccc(F)c(F)c1. The van der Waals surface area contributed by atoms with Gasteiger partial charge >= 0.3 is 0 Å². The molecule has 0 atom stereocenters. The number of nitrogens with zero attached hydrogens (tertiary/aromatic N) is 3. The minimum atomic E-state index is -1.04. The van der Waals surface area contributed by atoms with Gasteiger partial charge in [-0.15, -0.1) is 0 Å². The normalized spacial score (nSPS) is 11.2. The number of benzene rings is 2. The molecule has 0 aliphatic heterocycles. The Morgan fingerprint density at radius 1 is 1.11 bits per heavy atom. The van der Waals surface area contributed by atoms with Crippen LogP contribution in [-0.2, 0) is 0 Å². The van der Waals surface area contributed by atoms with E-state index >= 15 is 0 Å². The van der Waals surface area contributed by atoms with Gasteiger partial charge in [0.05, 0.1) is 11.4 Å². The van der Waals surface area contributed by atoms with E-state index in [1.807, 2.05) is 0 Å². The second-order valence-electron chi connectivity index (χ2n) is 6.39. The van der Waals surface area contributed by atoms with Crippen LogP contribution in [0.4, 0.5) is 14.5 Å². The van der Waals surface area contributed by atoms with Crippen molar-refractivity contribution in [3.8, 4) is 0 Å². The highest BCUT2D eigenvalue weighted by molar-refractivity contribution is 6.12. The Morgan fingerprint density at radius 2 is 1.78 bits per heavy atom. The summed E-state index contributed by atoms with van der Waals surface area (Å²) in [4.78, 5) is 27.1. The molecule has 27 heavy (non-hydrogen) atoms. The lowest BCUT2D eigenvalue weighted by atomic mass is 10.1. The van der Waals surface area contributed by atoms with E-state index < -0.39 is 17.5 Å². The minimum Gasteiger partial charge on any atom is -0.307 e. The number of fused-ring (bicyclic) bond motifs is 1. The molecule has 0 aliphatic rings. The summed E-state index contributed by atoms with van der Waals surface area (Å²) in [5.74, 6) is -2.52. The Kier molecular flexibility index (Phi) is 5.03. The van der Waals surface area contributed by atoms with Crippen LogP contribution >= 0.6 is 0 Å². The van der Waals surface area contributed by atoms with E-state index in [0.717, 1.165) is 12.1 Å². The second-order valence-corrected chi connectivity index (χ2v) is 6.39. The number of hydrogen-bond acceptors (Lipinski definition) is 3. The van der Waals surface area contributed by atoms with E-state index in [4.69, 9.17) is 0 Å². The van der Waals surface area contributed by atoms with Gasteiger partial charge in [-0.25, -0.2) is 13.5 Å². The number of hydrogen-bond donors (Lipinski definition) is 0. The Bertz CT molecular complexity index is 1080. The maximum absolute atomic E-state index is 13.6. The average Bonchev–Trinajstić information content (AvgIpc) is 2.65. The Balaban J connectivity index is 2.20. The zero-order valence-corrected chi connectivity index (χ0v) is 15.2. The van der Waals surface area contributed by atoms with Gasteiger partial charge in [-0.2, -0.15) is 5.10 Å². The van der Waals surface area contributed by atoms with Gasteiger partial charge < -0.3 is 4.90 Å². The molecule has 1 heterocycles. The van der Waals surface area contributed by atoms with Gasteiger partial charge in [0.1, 0.15) is 0 Å². The maximum atomic E-state index is 13.6. The lowest BCUT2D eigenvalue weighted by Gasteiger charge is -2.22. The molecule has 0 spiro atoms. The third-order valence-corrected chi connectivity index (χ3v) is 4.30. The van der Waals surface area contributed by atoms with Gasteiger partial charge in [0.25, 0.3) is 11.5 Å². The Labute approximate surface area is 154 Å². The topological polar surface area (TPSA) is 55.2 Å². The van der Waals surface area contributed by atoms with Gasteiger partial charge in [-0.05, 0) is 39.0 Å². The first-order chi connectivity index (χ1) is 12.8. The molecule has 0 radical (unpaired) electrons. The summed E-state index contributed by atoms with van der Waals surface area (Å²) in [6.07, 6.45) is 0. The molecule has 0 aliphatic carbocycles. The lowest BCUT2D eigenvalue weighted by molar-refractivity contribution is 0.0982. The molecule has 0 unspecified atom stereocenters. The minimum absolute atomic E-state index is 0.0884. The molecule has 0 fully saturated rings. The highest BCUT2D eigenvalue weighted by Crippen LogP contribution is 2.22. The van der Waals surface area contributed by atoms with Gasteiger partial charge in [0, 0.05) is 23.7 Å². The third-order valence-electron chi connectivity index (χ3n) is 4.30. The molecule has 0 saturated carbocycles. The molecule has 3 aromatic rings. The number of aromatic nitrogens is 2. The standard InChI is InChI=1S/C20H19F2N3O2/c1-4-24(13-9-10-16(21)17(22)11-13)20(27)18-14-7-5-6-8-15(14)19(26)25(23-18)12(2)3/h5-12H,4H2,1-3H3. The van der Waals surface area contributed by atoms with E-state index in [1.54, 1.807) is 45.0 Å². The smallest absolute Gasteiger partial charge is 0.279 e. The molecule has 5 nitrogen and oxygen atoms in total. The van der Waals surface area contributed by atoms with E-state index in [1.165, 1.54) is 15.6 Å². The fraction of sp³-hybridized carbons (Fsp3) is 0.250. The first-order valence-corrected chi connectivity index (χ1v) is 8.63. The van der Waals surface area contributed by atoms with E-state index in [9.17, 15) is 18.4 Å². The number of amides is 1. The van der Waals surface area contributed by atoms with Crippen LogP contribution in [0.25, 0.3) is 10.8 Å². The second kappa shape index (κ2) is 7.26. The van der Waals surface area contributed by atoms with Gasteiger partial charge in [-0.1, -0.05) is 18.2 Å². The summed E-state index contributed by atoms with van der Waals surface area (Å²) < 4.78 is 28.2. The van der Waals surface area contributed by atoms with E-state index in [2.05, 4.69) is 5.10 Å². The predicted molar refractivity (Wildman–Crippen MR) is 100 cm³/mol. The van der Waals surface area contributed by atoms with Crippen LogP contribution in [0.15, 0.2) is 47.3 Å². The van der Waals surface area contributed by atoms with Crippen molar-refractivity contribution < 1.29 is 13.6 Å². The lowest BCUT2D eigenvalue weighted by Crippen LogP contribution is -2.35. The number of rotatable bonds is 4. The predicted octanol–water partition coefficient (Wildman–Crippen LogP) is 3.92. The zero-order chi connectivity index (χ0) is 19.7. The summed E-state index contributed by atoms with van der Waals surface area (Å²) in [5, 5.41) is 5.08. The summed E-state index contributed by atoms with van der Waals surface area (Å²) in [6, 6.07) is 9.76. The molecule has 7 heteroatoms. The molecule has 3 rings (SSSR count). The van der Waals surface area contributed by atoms with E-state index in [0.29, 0.717) is 10.8 Å². The number of anilines is 1. The fourth-order valence-corrected chi connectivity index (χ4v) is 2.94. The third kappa shape index (κ3) is 3.32. The Hall–Kier alpha value is -3.09. The monoisotopic (exact) mass is 371 g/mol. The molecule has 0 N–H and O–H groups in total. The van der Waals surface area contributed by atoms with Crippen LogP contribution in [-0.4, -0.2) is 22.2 Å². The van der Waals surface area contributed by atoms with Crippen LogP contribution in [0.1, 0.15) is 37.3 Å². The van der Waals surface area contributed by atoms with Crippen molar-refractivity contribution >= 4 is 22.4 Å². The zero-order valence-electron chi connectivity index (χ0n) is 15.2. The van der Waals surface area contributed by atoms with Crippen LogP contribution in [0.2, 0.25) is 0 Å².